The van der Waals surface area contributed by atoms with Crippen molar-refractivity contribution in [2.75, 3.05) is 13.1 Å². The van der Waals surface area contributed by atoms with E-state index in [2.05, 4.69) is 15.2 Å². The third-order valence-electron chi connectivity index (χ3n) is 6.10. The first-order valence-electron chi connectivity index (χ1n) is 10.7. The van der Waals surface area contributed by atoms with E-state index in [9.17, 15) is 18.0 Å². The second kappa shape index (κ2) is 8.22. The Morgan fingerprint density at radius 3 is 2.66 bits per heavy atom. The van der Waals surface area contributed by atoms with Crippen LogP contribution in [-0.2, 0) is 11.0 Å². The first-order valence-corrected chi connectivity index (χ1v) is 10.7. The molecule has 1 aliphatic rings. The van der Waals surface area contributed by atoms with Gasteiger partial charge in [-0.15, -0.1) is 0 Å². The van der Waals surface area contributed by atoms with Gasteiger partial charge in [0.2, 0.25) is 5.91 Å². The molecule has 2 atom stereocenters. The van der Waals surface area contributed by atoms with E-state index in [1.54, 1.807) is 36.5 Å². The zero-order valence-electron chi connectivity index (χ0n) is 18.5. The molecule has 10 heteroatoms. The van der Waals surface area contributed by atoms with Gasteiger partial charge in [-0.1, -0.05) is 19.0 Å². The fourth-order valence-corrected chi connectivity index (χ4v) is 4.35. The van der Waals surface area contributed by atoms with E-state index in [0.29, 0.717) is 25.1 Å². The highest BCUT2D eigenvalue weighted by atomic mass is 19.4. The van der Waals surface area contributed by atoms with E-state index in [-0.39, 0.29) is 41.1 Å². The van der Waals surface area contributed by atoms with Gasteiger partial charge in [0.15, 0.2) is 0 Å². The van der Waals surface area contributed by atoms with E-state index in [1.165, 1.54) is 0 Å². The van der Waals surface area contributed by atoms with E-state index in [4.69, 9.17) is 4.52 Å². The van der Waals surface area contributed by atoms with Crippen LogP contribution in [0.15, 0.2) is 22.9 Å². The van der Waals surface area contributed by atoms with Crippen LogP contribution >= 0.6 is 0 Å². The Labute approximate surface area is 183 Å². The number of hydrogen-bond donors (Lipinski definition) is 0. The molecule has 4 rings (SSSR count). The molecule has 0 bridgehead atoms. The zero-order chi connectivity index (χ0) is 23.2. The molecule has 0 unspecified atom stereocenters. The van der Waals surface area contributed by atoms with Crippen molar-refractivity contribution in [3.63, 3.8) is 0 Å². The number of piperidine rings is 1. The summed E-state index contributed by atoms with van der Waals surface area (Å²) in [7, 11) is 0. The summed E-state index contributed by atoms with van der Waals surface area (Å²) in [6.45, 7) is 8.01. The molecule has 0 spiro atoms. The standard InChI is InChI=1S/C22H26F3N5O2/c1-12(2)17-10-16(22(23,24)25)18-19(28-32-20(18)27-17)15-6-5-9-29(11-15)21(31)14(4)30-13(3)7-8-26-30/h7-8,10,12,14-15H,5-6,9,11H2,1-4H3/t14-,15-/m1/s1. The van der Waals surface area contributed by atoms with E-state index in [0.717, 1.165) is 11.8 Å². The highest BCUT2D eigenvalue weighted by Gasteiger charge is 2.39. The summed E-state index contributed by atoms with van der Waals surface area (Å²) in [6, 6.07) is 2.41. The van der Waals surface area contributed by atoms with Gasteiger partial charge in [0.1, 0.15) is 6.04 Å². The van der Waals surface area contributed by atoms with Crippen LogP contribution in [0.1, 0.15) is 74.1 Å². The van der Waals surface area contributed by atoms with Gasteiger partial charge in [-0.3, -0.25) is 9.48 Å². The third-order valence-corrected chi connectivity index (χ3v) is 6.10. The summed E-state index contributed by atoms with van der Waals surface area (Å²) in [5, 5.41) is 8.11. The Morgan fingerprint density at radius 2 is 2.03 bits per heavy atom. The molecule has 7 nitrogen and oxygen atoms in total. The lowest BCUT2D eigenvalue weighted by molar-refractivity contribution is -0.137. The minimum absolute atomic E-state index is 0.0998. The van der Waals surface area contributed by atoms with Gasteiger partial charge in [0, 0.05) is 36.6 Å². The van der Waals surface area contributed by atoms with Gasteiger partial charge in [-0.25, -0.2) is 4.98 Å². The summed E-state index contributed by atoms with van der Waals surface area (Å²) >= 11 is 0. The second-order valence-electron chi connectivity index (χ2n) is 8.71. The summed E-state index contributed by atoms with van der Waals surface area (Å²) in [5.41, 5.74) is 0.490. The number of amides is 1. The molecule has 1 fully saturated rings. The predicted molar refractivity (Wildman–Crippen MR) is 111 cm³/mol. The number of alkyl halides is 3. The number of fused-ring (bicyclic) bond motifs is 1. The summed E-state index contributed by atoms with van der Waals surface area (Å²) in [4.78, 5) is 19.1. The smallest absolute Gasteiger partial charge is 0.340 e. The monoisotopic (exact) mass is 449 g/mol. The average molecular weight is 449 g/mol. The normalized spacial score (nSPS) is 18.5. The topological polar surface area (TPSA) is 77.0 Å². The van der Waals surface area contributed by atoms with Gasteiger partial charge >= 0.3 is 6.18 Å². The Kier molecular flexibility index (Phi) is 5.72. The number of aromatic nitrogens is 4. The first-order chi connectivity index (χ1) is 15.1. The molecule has 0 aliphatic carbocycles. The fourth-order valence-electron chi connectivity index (χ4n) is 4.35. The maximum absolute atomic E-state index is 13.9. The third kappa shape index (κ3) is 3.98. The zero-order valence-corrected chi connectivity index (χ0v) is 18.5. The van der Waals surface area contributed by atoms with Gasteiger partial charge in [-0.05, 0) is 44.7 Å². The van der Waals surface area contributed by atoms with E-state index < -0.39 is 17.8 Å². The SMILES string of the molecule is Cc1ccnn1[C@H](C)C(=O)N1CCC[C@@H](c2noc3nc(C(C)C)cc(C(F)(F)F)c23)C1. The maximum atomic E-state index is 13.9. The number of hydrogen-bond acceptors (Lipinski definition) is 5. The molecule has 0 radical (unpaired) electrons. The van der Waals surface area contributed by atoms with Crippen LogP contribution in [0.5, 0.6) is 0 Å². The van der Waals surface area contributed by atoms with Crippen LogP contribution in [0, 0.1) is 6.92 Å². The largest absolute Gasteiger partial charge is 0.417 e. The number of rotatable bonds is 4. The molecular formula is C22H26F3N5O2. The van der Waals surface area contributed by atoms with Gasteiger partial charge < -0.3 is 9.42 Å². The molecule has 1 amide bonds. The Morgan fingerprint density at radius 1 is 1.28 bits per heavy atom. The van der Waals surface area contributed by atoms with Crippen LogP contribution in [0.3, 0.4) is 0 Å². The van der Waals surface area contributed by atoms with Crippen LogP contribution in [-0.4, -0.2) is 43.8 Å². The molecule has 0 aromatic carbocycles. The predicted octanol–water partition coefficient (Wildman–Crippen LogP) is 4.84. The molecular weight excluding hydrogens is 423 g/mol. The van der Waals surface area contributed by atoms with Gasteiger partial charge in [0.25, 0.3) is 5.71 Å². The first kappa shape index (κ1) is 22.3. The lowest BCUT2D eigenvalue weighted by Gasteiger charge is -2.34. The Bertz CT molecular complexity index is 1130. The number of halogens is 3. The van der Waals surface area contributed by atoms with Crippen LogP contribution in [0.4, 0.5) is 13.2 Å². The summed E-state index contributed by atoms with van der Waals surface area (Å²) < 4.78 is 48.7. The fraction of sp³-hybridized carbons (Fsp3) is 0.545. The number of carbonyl (C=O) groups excluding carboxylic acids is 1. The lowest BCUT2D eigenvalue weighted by atomic mass is 9.91. The maximum Gasteiger partial charge on any atom is 0.417 e. The van der Waals surface area contributed by atoms with Gasteiger partial charge in [0.05, 0.1) is 16.6 Å². The molecule has 1 saturated heterocycles. The highest BCUT2D eigenvalue weighted by molar-refractivity contribution is 5.83. The number of pyridine rings is 1. The number of likely N-dealkylation sites (tertiary alicyclic amines) is 1. The number of nitrogens with zero attached hydrogens (tertiary/aromatic N) is 5. The van der Waals surface area contributed by atoms with Crippen LogP contribution in [0.2, 0.25) is 0 Å². The highest BCUT2D eigenvalue weighted by Crippen LogP contribution is 2.41. The second-order valence-corrected chi connectivity index (χ2v) is 8.71. The van der Waals surface area contributed by atoms with Crippen molar-refractivity contribution >= 4 is 17.0 Å². The molecule has 3 aromatic heterocycles. The molecule has 4 heterocycles. The molecule has 0 saturated carbocycles. The van der Waals surface area contributed by atoms with Crippen molar-refractivity contribution in [2.45, 2.75) is 64.6 Å². The quantitative estimate of drug-likeness (QED) is 0.570. The summed E-state index contributed by atoms with van der Waals surface area (Å²) in [6.07, 6.45) is -1.66. The van der Waals surface area contributed by atoms with Crippen molar-refractivity contribution < 1.29 is 22.5 Å². The van der Waals surface area contributed by atoms with Crippen molar-refractivity contribution in [2.24, 2.45) is 0 Å². The van der Waals surface area contributed by atoms with Crippen LogP contribution in [0.25, 0.3) is 11.1 Å². The minimum Gasteiger partial charge on any atom is -0.340 e. The molecule has 0 N–H and O–H groups in total. The van der Waals surface area contributed by atoms with Crippen LogP contribution < -0.4 is 0 Å². The Hall–Kier alpha value is -2.91. The molecule has 3 aromatic rings. The molecule has 172 valence electrons. The van der Waals surface area contributed by atoms with E-state index in [1.807, 2.05) is 13.0 Å². The van der Waals surface area contributed by atoms with Crippen molar-refractivity contribution in [3.05, 3.63) is 41.0 Å². The van der Waals surface area contributed by atoms with Crippen molar-refractivity contribution in [1.29, 1.82) is 0 Å². The van der Waals surface area contributed by atoms with Crippen molar-refractivity contribution in [1.82, 2.24) is 24.8 Å². The number of carbonyl (C=O) groups is 1. The molecule has 32 heavy (non-hydrogen) atoms. The molecule has 1 aliphatic heterocycles. The van der Waals surface area contributed by atoms with Gasteiger partial charge in [-0.2, -0.15) is 18.3 Å². The van der Waals surface area contributed by atoms with E-state index >= 15 is 0 Å². The average Bonchev–Trinajstić information content (AvgIpc) is 3.37. The lowest BCUT2D eigenvalue weighted by Crippen LogP contribution is -2.42. The van der Waals surface area contributed by atoms with Crippen molar-refractivity contribution in [3.8, 4) is 0 Å². The summed E-state index contributed by atoms with van der Waals surface area (Å²) in [5.74, 6) is -0.678. The number of aryl methyl sites for hydroxylation is 1. The minimum atomic E-state index is -4.57. The Balaban J connectivity index is 1.67.